The van der Waals surface area contributed by atoms with Crippen molar-refractivity contribution in [1.82, 2.24) is 40.3 Å². The summed E-state index contributed by atoms with van der Waals surface area (Å²) in [5, 5.41) is 23.2. The highest BCUT2D eigenvalue weighted by molar-refractivity contribution is 5.35. The number of nitrogen functional groups attached to an aromatic ring is 1. The summed E-state index contributed by atoms with van der Waals surface area (Å²) in [7, 11) is 0. The van der Waals surface area contributed by atoms with Crippen LogP contribution in [0.1, 0.15) is 22.5 Å². The molecule has 4 rings (SSSR count). The first-order valence-corrected chi connectivity index (χ1v) is 9.76. The Morgan fingerprint density at radius 3 is 2.60 bits per heavy atom. The number of rotatable bonds is 11. The third-order valence-electron chi connectivity index (χ3n) is 4.68. The molecule has 12 nitrogen and oxygen atoms in total. The summed E-state index contributed by atoms with van der Waals surface area (Å²) in [6.45, 7) is 4.16. The maximum Gasteiger partial charge on any atom is 0.244 e. The van der Waals surface area contributed by atoms with E-state index in [1.807, 2.05) is 12.4 Å². The molecule has 0 atom stereocenters. The lowest BCUT2D eigenvalue weighted by molar-refractivity contribution is 0.973. The van der Waals surface area contributed by atoms with Crippen LogP contribution in [0.4, 0.5) is 23.8 Å². The van der Waals surface area contributed by atoms with E-state index in [0.717, 1.165) is 25.1 Å². The smallest absolute Gasteiger partial charge is 0.244 e. The van der Waals surface area contributed by atoms with E-state index in [2.05, 4.69) is 75.3 Å². The van der Waals surface area contributed by atoms with E-state index < -0.39 is 0 Å². The van der Waals surface area contributed by atoms with Crippen molar-refractivity contribution >= 4 is 23.8 Å². The van der Waals surface area contributed by atoms with Gasteiger partial charge in [0.2, 0.25) is 23.8 Å². The molecule has 4 aromatic heterocycles. The van der Waals surface area contributed by atoms with Gasteiger partial charge in [0.1, 0.15) is 0 Å². The van der Waals surface area contributed by atoms with Gasteiger partial charge in [0, 0.05) is 36.9 Å². The first-order chi connectivity index (χ1) is 14.7. The van der Waals surface area contributed by atoms with Crippen LogP contribution >= 0.6 is 0 Å². The Morgan fingerprint density at radius 1 is 0.967 bits per heavy atom. The molecule has 0 aromatic carbocycles. The molecule has 0 bridgehead atoms. The van der Waals surface area contributed by atoms with Crippen LogP contribution in [0.25, 0.3) is 0 Å². The van der Waals surface area contributed by atoms with E-state index in [9.17, 15) is 0 Å². The Kier molecular flexibility index (Phi) is 5.83. The highest BCUT2D eigenvalue weighted by Crippen LogP contribution is 2.10. The summed E-state index contributed by atoms with van der Waals surface area (Å²) in [5.41, 5.74) is 10.2. The predicted molar refractivity (Wildman–Crippen MR) is 115 cm³/mol. The second kappa shape index (κ2) is 9.03. The number of anilines is 4. The molecular formula is C18H26N12. The first kappa shape index (κ1) is 19.4. The minimum Gasteiger partial charge on any atom is -0.368 e. The quantitative estimate of drug-likeness (QED) is 0.183. The number of hydrogen-bond donors (Lipinski definition) is 8. The zero-order valence-electron chi connectivity index (χ0n) is 16.7. The summed E-state index contributed by atoms with van der Waals surface area (Å²) in [5.74, 6) is 2.00. The van der Waals surface area contributed by atoms with Gasteiger partial charge in [0.25, 0.3) is 0 Å². The third kappa shape index (κ3) is 5.10. The third-order valence-corrected chi connectivity index (χ3v) is 4.68. The lowest BCUT2D eigenvalue weighted by Crippen LogP contribution is -2.06. The Morgan fingerprint density at radius 2 is 1.80 bits per heavy atom. The fourth-order valence-corrected chi connectivity index (χ4v) is 3.08. The largest absolute Gasteiger partial charge is 0.368 e. The van der Waals surface area contributed by atoms with Crippen LogP contribution in [0, 0.1) is 6.92 Å². The molecular weight excluding hydrogens is 384 g/mol. The summed E-state index contributed by atoms with van der Waals surface area (Å²) in [6, 6.07) is 4.20. The molecule has 0 radical (unpaired) electrons. The average Bonchev–Trinajstić information content (AvgIpc) is 3.51. The van der Waals surface area contributed by atoms with E-state index in [-0.39, 0.29) is 0 Å². The monoisotopic (exact) mass is 410 g/mol. The van der Waals surface area contributed by atoms with E-state index in [1.54, 1.807) is 0 Å². The second-order valence-electron chi connectivity index (χ2n) is 6.92. The molecule has 9 N–H and O–H groups in total. The maximum absolute atomic E-state index is 5.50. The number of aromatic nitrogens is 8. The SMILES string of the molecule is Cc1[nH]ccc1CCNc1nc(NCc2cc(CCNc3n[nH]c(N)n3)c[nH]2)n[nH]1. The molecule has 0 aliphatic heterocycles. The number of aromatic amines is 4. The van der Waals surface area contributed by atoms with Crippen LogP contribution in [0.3, 0.4) is 0 Å². The molecule has 0 aliphatic rings. The van der Waals surface area contributed by atoms with Crippen molar-refractivity contribution in [2.75, 3.05) is 34.8 Å². The number of hydrogen-bond acceptors (Lipinski definition) is 8. The molecule has 0 fully saturated rings. The molecule has 30 heavy (non-hydrogen) atoms. The molecule has 0 spiro atoms. The van der Waals surface area contributed by atoms with Crippen molar-refractivity contribution in [3.05, 3.63) is 47.0 Å². The Bertz CT molecular complexity index is 1050. The lowest BCUT2D eigenvalue weighted by Gasteiger charge is -2.02. The summed E-state index contributed by atoms with van der Waals surface area (Å²) >= 11 is 0. The first-order valence-electron chi connectivity index (χ1n) is 9.76. The Hall–Kier alpha value is -3.96. The van der Waals surface area contributed by atoms with Crippen LogP contribution in [-0.2, 0) is 19.4 Å². The number of nitrogens with two attached hydrogens (primary N) is 1. The van der Waals surface area contributed by atoms with Gasteiger partial charge in [-0.05, 0) is 43.0 Å². The Labute approximate surface area is 172 Å². The zero-order chi connectivity index (χ0) is 20.8. The van der Waals surface area contributed by atoms with Crippen molar-refractivity contribution in [3.63, 3.8) is 0 Å². The lowest BCUT2D eigenvalue weighted by atomic mass is 10.2. The zero-order valence-corrected chi connectivity index (χ0v) is 16.7. The van der Waals surface area contributed by atoms with Crippen LogP contribution in [0.2, 0.25) is 0 Å². The number of nitrogens with zero attached hydrogens (tertiary/aromatic N) is 4. The van der Waals surface area contributed by atoms with E-state index in [4.69, 9.17) is 5.73 Å². The van der Waals surface area contributed by atoms with E-state index in [1.165, 1.54) is 16.8 Å². The van der Waals surface area contributed by atoms with Crippen molar-refractivity contribution in [2.24, 2.45) is 0 Å². The van der Waals surface area contributed by atoms with Gasteiger partial charge in [0.15, 0.2) is 0 Å². The Balaban J connectivity index is 1.17. The van der Waals surface area contributed by atoms with Gasteiger partial charge >= 0.3 is 0 Å². The highest BCUT2D eigenvalue weighted by atomic mass is 15.3. The minimum absolute atomic E-state index is 0.300. The van der Waals surface area contributed by atoms with Gasteiger partial charge in [-0.15, -0.1) is 10.2 Å². The normalized spacial score (nSPS) is 11.0. The van der Waals surface area contributed by atoms with Gasteiger partial charge in [-0.2, -0.15) is 9.97 Å². The number of nitrogens with one attached hydrogen (secondary N) is 7. The molecule has 158 valence electrons. The molecule has 4 aromatic rings. The van der Waals surface area contributed by atoms with Crippen LogP contribution in [-0.4, -0.2) is 53.4 Å². The van der Waals surface area contributed by atoms with E-state index in [0.29, 0.717) is 36.9 Å². The minimum atomic E-state index is 0.300. The maximum atomic E-state index is 5.50. The molecule has 0 unspecified atom stereocenters. The highest BCUT2D eigenvalue weighted by Gasteiger charge is 2.05. The second-order valence-corrected chi connectivity index (χ2v) is 6.92. The molecule has 0 saturated carbocycles. The van der Waals surface area contributed by atoms with Crippen LogP contribution in [0.5, 0.6) is 0 Å². The van der Waals surface area contributed by atoms with Crippen molar-refractivity contribution < 1.29 is 0 Å². The summed E-state index contributed by atoms with van der Waals surface area (Å²) in [6.07, 6.45) is 5.69. The predicted octanol–water partition coefficient (Wildman–Crippen LogP) is 1.39. The van der Waals surface area contributed by atoms with Gasteiger partial charge < -0.3 is 31.7 Å². The fourth-order valence-electron chi connectivity index (χ4n) is 3.08. The standard InChI is InChI=1S/C18H26N12/c1-11-13(3-6-20-11)4-7-22-17-26-18(30-29-17)24-10-14-8-12(9-23-14)2-5-21-16-25-15(19)27-28-16/h3,6,8-9,20,23H,2,4-5,7,10H2,1H3,(H4,19,21,25,27,28)(H3,22,24,26,29,30). The molecule has 4 heterocycles. The number of aryl methyl sites for hydroxylation is 1. The van der Waals surface area contributed by atoms with Gasteiger partial charge in [-0.1, -0.05) is 0 Å². The molecule has 0 aliphatic carbocycles. The van der Waals surface area contributed by atoms with Crippen LogP contribution in [0.15, 0.2) is 24.5 Å². The van der Waals surface area contributed by atoms with E-state index >= 15 is 0 Å². The number of H-pyrrole nitrogens is 4. The molecule has 0 saturated heterocycles. The topological polar surface area (TPSA) is 177 Å². The fraction of sp³-hybridized carbons (Fsp3) is 0.333. The summed E-state index contributed by atoms with van der Waals surface area (Å²) in [4.78, 5) is 14.9. The molecule has 0 amide bonds. The van der Waals surface area contributed by atoms with Crippen molar-refractivity contribution in [1.29, 1.82) is 0 Å². The summed E-state index contributed by atoms with van der Waals surface area (Å²) < 4.78 is 0. The van der Waals surface area contributed by atoms with Gasteiger partial charge in [-0.25, -0.2) is 10.2 Å². The van der Waals surface area contributed by atoms with Crippen molar-refractivity contribution in [3.8, 4) is 0 Å². The van der Waals surface area contributed by atoms with Crippen molar-refractivity contribution in [2.45, 2.75) is 26.3 Å². The van der Waals surface area contributed by atoms with Gasteiger partial charge in [0.05, 0.1) is 6.54 Å². The van der Waals surface area contributed by atoms with Gasteiger partial charge in [-0.3, -0.25) is 0 Å². The average molecular weight is 410 g/mol. The van der Waals surface area contributed by atoms with Crippen LogP contribution < -0.4 is 21.7 Å². The molecule has 12 heteroatoms.